The van der Waals surface area contributed by atoms with Crippen molar-refractivity contribution in [2.45, 2.75) is 6.10 Å². The van der Waals surface area contributed by atoms with Crippen LogP contribution in [0.5, 0.6) is 0 Å². The minimum absolute atomic E-state index is 0.510. The van der Waals surface area contributed by atoms with E-state index >= 15 is 0 Å². The molecule has 2 N–H and O–H groups in total. The summed E-state index contributed by atoms with van der Waals surface area (Å²) in [5.41, 5.74) is 5.61. The second-order valence-electron chi connectivity index (χ2n) is 2.77. The monoisotopic (exact) mass is 209 g/mol. The third-order valence-electron chi connectivity index (χ3n) is 1.74. The number of hydrogen-bond donors (Lipinski definition) is 1. The maximum atomic E-state index is 11.0. The van der Waals surface area contributed by atoms with Gasteiger partial charge in [-0.05, 0) is 0 Å². The van der Waals surface area contributed by atoms with E-state index < -0.39 is 18.2 Å². The Morgan fingerprint density at radius 3 is 2.33 bits per heavy atom. The van der Waals surface area contributed by atoms with E-state index in [9.17, 15) is 9.59 Å². The molecule has 0 saturated carbocycles. The van der Waals surface area contributed by atoms with Gasteiger partial charge in [0.1, 0.15) is 0 Å². The molecule has 1 aromatic carbocycles. The number of nitrogens with two attached hydrogens (primary N) is 1. The highest BCUT2D eigenvalue weighted by Crippen LogP contribution is 2.16. The van der Waals surface area contributed by atoms with Crippen LogP contribution in [-0.4, -0.2) is 19.2 Å². The maximum Gasteiger partial charge on any atom is 0.509 e. The molecule has 0 spiro atoms. The molecule has 0 aliphatic carbocycles. The molecule has 0 aliphatic heterocycles. The van der Waals surface area contributed by atoms with E-state index in [4.69, 9.17) is 10.5 Å². The van der Waals surface area contributed by atoms with Crippen molar-refractivity contribution in [1.29, 1.82) is 0 Å². The summed E-state index contributed by atoms with van der Waals surface area (Å²) in [6.07, 6.45) is -2.05. The minimum Gasteiger partial charge on any atom is -0.438 e. The molecular formula is C10H11NO4. The van der Waals surface area contributed by atoms with Gasteiger partial charge in [-0.15, -0.1) is 0 Å². The zero-order valence-electron chi connectivity index (χ0n) is 8.17. The predicted octanol–water partition coefficient (Wildman–Crippen LogP) is 0.996. The maximum absolute atomic E-state index is 11.0. The first-order chi connectivity index (χ1) is 7.15. The molecule has 0 aromatic heterocycles. The summed E-state index contributed by atoms with van der Waals surface area (Å²) >= 11 is 0. The molecule has 0 unspecified atom stereocenters. The summed E-state index contributed by atoms with van der Waals surface area (Å²) < 4.78 is 8.99. The van der Waals surface area contributed by atoms with Crippen molar-refractivity contribution < 1.29 is 19.1 Å². The number of benzene rings is 1. The van der Waals surface area contributed by atoms with Gasteiger partial charge in [0.05, 0.1) is 7.11 Å². The third-order valence-corrected chi connectivity index (χ3v) is 1.74. The van der Waals surface area contributed by atoms with Crippen molar-refractivity contribution in [3.8, 4) is 0 Å². The lowest BCUT2D eigenvalue weighted by molar-refractivity contribution is -0.127. The Bertz CT molecular complexity index is 350. The van der Waals surface area contributed by atoms with E-state index in [0.29, 0.717) is 5.56 Å². The van der Waals surface area contributed by atoms with Gasteiger partial charge in [0.25, 0.3) is 5.91 Å². The summed E-state index contributed by atoms with van der Waals surface area (Å²) in [5.74, 6) is -0.744. The molecule has 80 valence electrons. The normalized spacial score (nSPS) is 11.5. The van der Waals surface area contributed by atoms with E-state index in [-0.39, 0.29) is 0 Å². The fourth-order valence-corrected chi connectivity index (χ4v) is 1.06. The molecule has 0 heterocycles. The van der Waals surface area contributed by atoms with Crippen LogP contribution in [0.2, 0.25) is 0 Å². The van der Waals surface area contributed by atoms with Gasteiger partial charge >= 0.3 is 6.16 Å². The molecule has 0 radical (unpaired) electrons. The van der Waals surface area contributed by atoms with Crippen molar-refractivity contribution in [1.82, 2.24) is 0 Å². The molecule has 15 heavy (non-hydrogen) atoms. The molecule has 0 aliphatic rings. The van der Waals surface area contributed by atoms with Gasteiger partial charge in [-0.3, -0.25) is 4.79 Å². The fourth-order valence-electron chi connectivity index (χ4n) is 1.06. The highest BCUT2D eigenvalue weighted by Gasteiger charge is 2.22. The fraction of sp³-hybridized carbons (Fsp3) is 0.200. The molecule has 0 bridgehead atoms. The van der Waals surface area contributed by atoms with Gasteiger partial charge < -0.3 is 15.2 Å². The molecule has 5 nitrogen and oxygen atoms in total. The van der Waals surface area contributed by atoms with Crippen LogP contribution < -0.4 is 5.73 Å². The lowest BCUT2D eigenvalue weighted by Gasteiger charge is -2.13. The van der Waals surface area contributed by atoms with Gasteiger partial charge in [0, 0.05) is 5.56 Å². The smallest absolute Gasteiger partial charge is 0.438 e. The topological polar surface area (TPSA) is 78.6 Å². The van der Waals surface area contributed by atoms with Crippen molar-refractivity contribution in [3.05, 3.63) is 35.9 Å². The molecular weight excluding hydrogens is 198 g/mol. The van der Waals surface area contributed by atoms with E-state index in [0.717, 1.165) is 7.11 Å². The summed E-state index contributed by atoms with van der Waals surface area (Å²) in [6, 6.07) is 8.48. The van der Waals surface area contributed by atoms with E-state index in [1.807, 2.05) is 0 Å². The number of hydrogen-bond acceptors (Lipinski definition) is 4. The summed E-state index contributed by atoms with van der Waals surface area (Å²) in [5, 5.41) is 0. The highest BCUT2D eigenvalue weighted by molar-refractivity contribution is 5.82. The summed E-state index contributed by atoms with van der Waals surface area (Å²) in [6.45, 7) is 0. The standard InChI is InChI=1S/C10H11NO4/c1-14-10(13)15-8(9(11)12)7-5-3-2-4-6-7/h2-6,8H,1H3,(H2,11,12)/t8-/m1/s1. The molecule has 5 heteroatoms. The van der Waals surface area contributed by atoms with Crippen molar-refractivity contribution >= 4 is 12.1 Å². The largest absolute Gasteiger partial charge is 0.509 e. The Labute approximate surface area is 86.8 Å². The number of amides is 1. The Hall–Kier alpha value is -2.04. The van der Waals surface area contributed by atoms with Crippen molar-refractivity contribution in [2.24, 2.45) is 5.73 Å². The number of primary amides is 1. The zero-order chi connectivity index (χ0) is 11.3. The SMILES string of the molecule is COC(=O)O[C@@H](C(N)=O)c1ccccc1. The van der Waals surface area contributed by atoms with Crippen LogP contribution in [-0.2, 0) is 14.3 Å². The van der Waals surface area contributed by atoms with Crippen LogP contribution in [0.4, 0.5) is 4.79 Å². The molecule has 0 saturated heterocycles. The quantitative estimate of drug-likeness (QED) is 0.753. The second-order valence-corrected chi connectivity index (χ2v) is 2.77. The molecule has 1 rings (SSSR count). The first-order valence-electron chi connectivity index (χ1n) is 4.24. The number of carbonyl (C=O) groups is 2. The first-order valence-corrected chi connectivity index (χ1v) is 4.24. The van der Waals surface area contributed by atoms with Gasteiger partial charge in [0.2, 0.25) is 6.10 Å². The Kier molecular flexibility index (Phi) is 3.68. The van der Waals surface area contributed by atoms with Crippen LogP contribution >= 0.6 is 0 Å². The molecule has 1 aromatic rings. The minimum atomic E-state index is -1.11. The van der Waals surface area contributed by atoms with Gasteiger partial charge in [0.15, 0.2) is 0 Å². The Morgan fingerprint density at radius 2 is 1.87 bits per heavy atom. The zero-order valence-corrected chi connectivity index (χ0v) is 8.17. The van der Waals surface area contributed by atoms with Crippen molar-refractivity contribution in [3.63, 3.8) is 0 Å². The average molecular weight is 209 g/mol. The van der Waals surface area contributed by atoms with Crippen LogP contribution in [0.3, 0.4) is 0 Å². The van der Waals surface area contributed by atoms with Gasteiger partial charge in [-0.1, -0.05) is 30.3 Å². The van der Waals surface area contributed by atoms with Gasteiger partial charge in [-0.2, -0.15) is 0 Å². The van der Waals surface area contributed by atoms with Crippen LogP contribution in [0.1, 0.15) is 11.7 Å². The molecule has 1 atom stereocenters. The first kappa shape index (κ1) is 11.0. The predicted molar refractivity (Wildman–Crippen MR) is 51.9 cm³/mol. The van der Waals surface area contributed by atoms with E-state index in [2.05, 4.69) is 4.74 Å². The van der Waals surface area contributed by atoms with Gasteiger partial charge in [-0.25, -0.2) is 4.79 Å². The highest BCUT2D eigenvalue weighted by atomic mass is 16.7. The summed E-state index contributed by atoms with van der Waals surface area (Å²) in [7, 11) is 1.16. The number of ether oxygens (including phenoxy) is 2. The number of carbonyl (C=O) groups excluding carboxylic acids is 2. The van der Waals surface area contributed by atoms with Crippen LogP contribution in [0, 0.1) is 0 Å². The number of methoxy groups -OCH3 is 1. The molecule has 0 fully saturated rings. The summed E-state index contributed by atoms with van der Waals surface area (Å²) in [4.78, 5) is 21.9. The van der Waals surface area contributed by atoms with E-state index in [1.165, 1.54) is 0 Å². The Balaban J connectivity index is 2.84. The third kappa shape index (κ3) is 2.98. The van der Waals surface area contributed by atoms with Crippen LogP contribution in [0.15, 0.2) is 30.3 Å². The van der Waals surface area contributed by atoms with Crippen LogP contribution in [0.25, 0.3) is 0 Å². The second kappa shape index (κ2) is 4.99. The van der Waals surface area contributed by atoms with Crippen molar-refractivity contribution in [2.75, 3.05) is 7.11 Å². The number of rotatable bonds is 3. The Morgan fingerprint density at radius 1 is 1.27 bits per heavy atom. The average Bonchev–Trinajstić information content (AvgIpc) is 2.26. The molecule has 1 amide bonds. The van der Waals surface area contributed by atoms with E-state index in [1.54, 1.807) is 30.3 Å². The lowest BCUT2D eigenvalue weighted by Crippen LogP contribution is -2.26. The lowest BCUT2D eigenvalue weighted by atomic mass is 10.1.